The fourth-order valence-corrected chi connectivity index (χ4v) is 3.69. The number of alkyl halides is 3. The van der Waals surface area contributed by atoms with E-state index in [0.717, 1.165) is 12.1 Å². The van der Waals surface area contributed by atoms with E-state index < -0.39 is 36.0 Å². The van der Waals surface area contributed by atoms with Crippen LogP contribution in [0.5, 0.6) is 0 Å². The van der Waals surface area contributed by atoms with Crippen molar-refractivity contribution in [2.45, 2.75) is 19.6 Å². The second-order valence-electron chi connectivity index (χ2n) is 7.36. The lowest BCUT2D eigenvalue weighted by Gasteiger charge is -2.14. The summed E-state index contributed by atoms with van der Waals surface area (Å²) in [5.41, 5.74) is 0.332. The molecule has 0 aliphatic carbocycles. The first-order valence-electron chi connectivity index (χ1n) is 10.3. The molecule has 0 aliphatic heterocycles. The Kier molecular flexibility index (Phi) is 6.14. The predicted molar refractivity (Wildman–Crippen MR) is 117 cm³/mol. The number of halogens is 4. The Morgan fingerprint density at radius 3 is 2.38 bits per heavy atom. The van der Waals surface area contributed by atoms with Gasteiger partial charge in [-0.3, -0.25) is 4.79 Å². The minimum absolute atomic E-state index is 0.0579. The molecule has 4 aromatic rings. The second kappa shape index (κ2) is 9.05. The van der Waals surface area contributed by atoms with Crippen molar-refractivity contribution in [2.75, 3.05) is 11.9 Å². The maximum atomic E-state index is 13.3. The van der Waals surface area contributed by atoms with Gasteiger partial charge in [-0.2, -0.15) is 13.2 Å². The normalized spacial score (nSPS) is 11.6. The molecule has 34 heavy (non-hydrogen) atoms. The highest BCUT2D eigenvalue weighted by atomic mass is 19.4. The van der Waals surface area contributed by atoms with Gasteiger partial charge in [-0.05, 0) is 55.5 Å². The quantitative estimate of drug-likeness (QED) is 0.301. The number of anilines is 1. The third-order valence-corrected chi connectivity index (χ3v) is 5.16. The number of hydrogen-bond acceptors (Lipinski definition) is 3. The highest BCUT2D eigenvalue weighted by Gasteiger charge is 2.33. The number of nitrogens with zero attached hydrogens (tertiary/aromatic N) is 2. The van der Waals surface area contributed by atoms with Crippen molar-refractivity contribution in [1.82, 2.24) is 9.13 Å². The van der Waals surface area contributed by atoms with Crippen molar-refractivity contribution in [3.05, 3.63) is 83.9 Å². The SMILES string of the molecule is CCOC(=O)c1cc2c(ccn2-c2ccc(F)cc2)n1CC(=O)Nc1ccccc1C(F)(F)F. The summed E-state index contributed by atoms with van der Waals surface area (Å²) in [4.78, 5) is 25.3. The predicted octanol–water partition coefficient (Wildman–Crippen LogP) is 5.41. The summed E-state index contributed by atoms with van der Waals surface area (Å²) >= 11 is 0. The number of ether oxygens (including phenoxy) is 1. The fraction of sp³-hybridized carbons (Fsp3) is 0.167. The van der Waals surface area contributed by atoms with Gasteiger partial charge in [-0.1, -0.05) is 12.1 Å². The first-order chi connectivity index (χ1) is 16.2. The number of amides is 1. The summed E-state index contributed by atoms with van der Waals surface area (Å²) in [5, 5.41) is 2.28. The summed E-state index contributed by atoms with van der Waals surface area (Å²) in [6.07, 6.45) is -2.97. The van der Waals surface area contributed by atoms with Crippen LogP contribution in [-0.4, -0.2) is 27.6 Å². The fourth-order valence-electron chi connectivity index (χ4n) is 3.69. The molecule has 0 radical (unpaired) electrons. The molecule has 0 saturated carbocycles. The van der Waals surface area contributed by atoms with E-state index in [0.29, 0.717) is 16.7 Å². The standard InChI is InChI=1S/C24H19F4N3O3/c1-2-34-23(33)21-13-20-19(11-12-30(20)16-9-7-15(25)8-10-16)31(21)14-22(32)29-18-6-4-3-5-17(18)24(26,27)28/h3-13H,2,14H2,1H3,(H,29,32). The zero-order chi connectivity index (χ0) is 24.5. The van der Waals surface area contributed by atoms with Gasteiger partial charge in [0.15, 0.2) is 0 Å². The monoisotopic (exact) mass is 473 g/mol. The number of para-hydroxylation sites is 1. The number of esters is 1. The van der Waals surface area contributed by atoms with Crippen LogP contribution in [0.2, 0.25) is 0 Å². The van der Waals surface area contributed by atoms with E-state index in [1.54, 1.807) is 35.9 Å². The molecule has 4 rings (SSSR count). The van der Waals surface area contributed by atoms with Crippen LogP contribution in [0.1, 0.15) is 23.0 Å². The third-order valence-electron chi connectivity index (χ3n) is 5.16. The maximum absolute atomic E-state index is 13.3. The minimum atomic E-state index is -4.65. The van der Waals surface area contributed by atoms with Crippen molar-refractivity contribution in [3.63, 3.8) is 0 Å². The van der Waals surface area contributed by atoms with Crippen molar-refractivity contribution in [2.24, 2.45) is 0 Å². The van der Waals surface area contributed by atoms with Gasteiger partial charge in [0.1, 0.15) is 18.1 Å². The van der Waals surface area contributed by atoms with E-state index in [2.05, 4.69) is 5.32 Å². The van der Waals surface area contributed by atoms with Crippen molar-refractivity contribution in [3.8, 4) is 5.69 Å². The smallest absolute Gasteiger partial charge is 0.418 e. The minimum Gasteiger partial charge on any atom is -0.461 e. The molecule has 2 aromatic carbocycles. The number of fused-ring (bicyclic) bond motifs is 1. The average Bonchev–Trinajstić information content (AvgIpc) is 3.34. The molecule has 6 nitrogen and oxygen atoms in total. The van der Waals surface area contributed by atoms with Crippen LogP contribution in [0.4, 0.5) is 23.2 Å². The van der Waals surface area contributed by atoms with Crippen LogP contribution < -0.4 is 5.32 Å². The zero-order valence-electron chi connectivity index (χ0n) is 17.9. The summed E-state index contributed by atoms with van der Waals surface area (Å²) in [5.74, 6) is -1.85. The molecule has 2 heterocycles. The number of hydrogen-bond donors (Lipinski definition) is 1. The van der Waals surface area contributed by atoms with Gasteiger partial charge in [-0.15, -0.1) is 0 Å². The van der Waals surface area contributed by atoms with E-state index >= 15 is 0 Å². The lowest BCUT2D eigenvalue weighted by atomic mass is 10.1. The molecule has 176 valence electrons. The summed E-state index contributed by atoms with van der Waals surface area (Å²) in [6.45, 7) is 1.29. The van der Waals surface area contributed by atoms with Gasteiger partial charge < -0.3 is 19.2 Å². The molecule has 1 N–H and O–H groups in total. The molecule has 0 aliphatic rings. The van der Waals surface area contributed by atoms with E-state index in [9.17, 15) is 27.2 Å². The van der Waals surface area contributed by atoms with Crippen LogP contribution in [-0.2, 0) is 22.3 Å². The van der Waals surface area contributed by atoms with E-state index in [1.165, 1.54) is 34.9 Å². The number of nitrogens with one attached hydrogen (secondary N) is 1. The van der Waals surface area contributed by atoms with Crippen LogP contribution in [0.3, 0.4) is 0 Å². The van der Waals surface area contributed by atoms with Gasteiger partial charge in [-0.25, -0.2) is 9.18 Å². The first-order valence-corrected chi connectivity index (χ1v) is 10.3. The van der Waals surface area contributed by atoms with Crippen LogP contribution >= 0.6 is 0 Å². The highest BCUT2D eigenvalue weighted by molar-refractivity contribution is 5.98. The largest absolute Gasteiger partial charge is 0.461 e. The summed E-state index contributed by atoms with van der Waals surface area (Å²) < 4.78 is 61.4. The Morgan fingerprint density at radius 1 is 1.00 bits per heavy atom. The molecule has 0 unspecified atom stereocenters. The van der Waals surface area contributed by atoms with Crippen LogP contribution in [0.25, 0.3) is 16.7 Å². The Morgan fingerprint density at radius 2 is 1.71 bits per heavy atom. The maximum Gasteiger partial charge on any atom is 0.418 e. The van der Waals surface area contributed by atoms with Gasteiger partial charge >= 0.3 is 12.1 Å². The Balaban J connectivity index is 1.71. The number of carbonyl (C=O) groups is 2. The third kappa shape index (κ3) is 4.52. The van der Waals surface area contributed by atoms with Gasteiger partial charge in [0.25, 0.3) is 0 Å². The van der Waals surface area contributed by atoms with Crippen molar-refractivity contribution in [1.29, 1.82) is 0 Å². The van der Waals surface area contributed by atoms with Gasteiger partial charge in [0.05, 0.1) is 28.9 Å². The van der Waals surface area contributed by atoms with E-state index in [-0.39, 0.29) is 18.0 Å². The molecule has 1 amide bonds. The molecule has 2 aromatic heterocycles. The average molecular weight is 473 g/mol. The molecule has 10 heteroatoms. The summed E-state index contributed by atoms with van der Waals surface area (Å²) in [6, 6.07) is 13.5. The number of aromatic nitrogens is 2. The van der Waals surface area contributed by atoms with Crippen LogP contribution in [0.15, 0.2) is 66.9 Å². The van der Waals surface area contributed by atoms with E-state index in [4.69, 9.17) is 4.74 Å². The van der Waals surface area contributed by atoms with Gasteiger partial charge in [0, 0.05) is 11.9 Å². The Bertz CT molecular complexity index is 1350. The lowest BCUT2D eigenvalue weighted by molar-refractivity contribution is -0.137. The molecular formula is C24H19F4N3O3. The molecular weight excluding hydrogens is 454 g/mol. The molecule has 0 spiro atoms. The van der Waals surface area contributed by atoms with Crippen molar-refractivity contribution < 1.29 is 31.9 Å². The Hall–Kier alpha value is -4.08. The highest BCUT2D eigenvalue weighted by Crippen LogP contribution is 2.34. The van der Waals surface area contributed by atoms with Crippen LogP contribution in [0, 0.1) is 5.82 Å². The molecule has 0 saturated heterocycles. The second-order valence-corrected chi connectivity index (χ2v) is 7.36. The number of carbonyl (C=O) groups excluding carboxylic acids is 2. The first kappa shape index (κ1) is 23.1. The molecule has 0 fully saturated rings. The zero-order valence-corrected chi connectivity index (χ0v) is 17.9. The molecule has 0 bridgehead atoms. The topological polar surface area (TPSA) is 65.3 Å². The number of rotatable bonds is 6. The Labute approximate surface area is 191 Å². The lowest BCUT2D eigenvalue weighted by Crippen LogP contribution is -2.23. The van der Waals surface area contributed by atoms with E-state index in [1.807, 2.05) is 0 Å². The van der Waals surface area contributed by atoms with Gasteiger partial charge in [0.2, 0.25) is 5.91 Å². The summed E-state index contributed by atoms with van der Waals surface area (Å²) in [7, 11) is 0. The van der Waals surface area contributed by atoms with Crippen molar-refractivity contribution >= 4 is 28.6 Å². The number of benzene rings is 2. The molecule has 0 atom stereocenters.